The van der Waals surface area contributed by atoms with Gasteiger partial charge >= 0.3 is 12.0 Å². The molecule has 1 atom stereocenters. The van der Waals surface area contributed by atoms with Gasteiger partial charge in [0.15, 0.2) is 0 Å². The first kappa shape index (κ1) is 14.3. The van der Waals surface area contributed by atoms with E-state index < -0.39 is 18.0 Å². The molecule has 0 aromatic carbocycles. The molecular formula is C12H19N5O3. The summed E-state index contributed by atoms with van der Waals surface area (Å²) < 4.78 is 0. The Hall–Kier alpha value is -2.12. The van der Waals surface area contributed by atoms with Gasteiger partial charge in [0.05, 0.1) is 6.54 Å². The number of amides is 2. The van der Waals surface area contributed by atoms with Crippen molar-refractivity contribution >= 4 is 12.0 Å². The topological polar surface area (TPSA) is 120 Å². The van der Waals surface area contributed by atoms with Gasteiger partial charge in [-0.15, -0.1) is 0 Å². The van der Waals surface area contributed by atoms with Crippen LogP contribution in [-0.2, 0) is 11.3 Å². The second kappa shape index (κ2) is 6.88. The van der Waals surface area contributed by atoms with Crippen LogP contribution in [0.1, 0.15) is 37.9 Å². The summed E-state index contributed by atoms with van der Waals surface area (Å²) in [5, 5.41) is 20.6. The number of carbonyl (C=O) groups is 2. The van der Waals surface area contributed by atoms with Crippen LogP contribution >= 0.6 is 0 Å². The summed E-state index contributed by atoms with van der Waals surface area (Å²) in [6.45, 7) is 0.183. The molecule has 0 aliphatic heterocycles. The number of aliphatic carboxylic acids is 1. The Bertz CT molecular complexity index is 442. The van der Waals surface area contributed by atoms with Gasteiger partial charge in [-0.05, 0) is 18.8 Å². The lowest BCUT2D eigenvalue weighted by Gasteiger charge is -2.27. The first-order valence-electron chi connectivity index (χ1n) is 6.78. The molecule has 1 heterocycles. The highest BCUT2D eigenvalue weighted by atomic mass is 16.4. The normalized spacial score (nSPS) is 17.4. The quantitative estimate of drug-likeness (QED) is 0.631. The van der Waals surface area contributed by atoms with E-state index in [1.165, 1.54) is 6.33 Å². The maximum absolute atomic E-state index is 11.7. The Morgan fingerprint density at radius 3 is 2.75 bits per heavy atom. The molecule has 8 nitrogen and oxygen atoms in total. The number of rotatable bonds is 5. The van der Waals surface area contributed by atoms with Crippen LogP contribution in [0.15, 0.2) is 6.33 Å². The maximum atomic E-state index is 11.7. The van der Waals surface area contributed by atoms with Crippen molar-refractivity contribution in [2.45, 2.75) is 44.7 Å². The molecule has 110 valence electrons. The number of carboxylic acid groups (broad SMARTS) is 1. The molecule has 2 amide bonds. The van der Waals surface area contributed by atoms with E-state index in [0.29, 0.717) is 5.82 Å². The average molecular weight is 281 g/mol. The molecule has 0 saturated heterocycles. The highest BCUT2D eigenvalue weighted by molar-refractivity contribution is 5.82. The number of urea groups is 1. The number of hydrogen-bond acceptors (Lipinski definition) is 4. The van der Waals surface area contributed by atoms with E-state index in [9.17, 15) is 14.7 Å². The van der Waals surface area contributed by atoms with Crippen LogP contribution in [0.2, 0.25) is 0 Å². The van der Waals surface area contributed by atoms with Crippen molar-refractivity contribution in [3.8, 4) is 0 Å². The predicted molar refractivity (Wildman–Crippen MR) is 69.8 cm³/mol. The molecule has 0 radical (unpaired) electrons. The number of H-pyrrole nitrogens is 1. The molecule has 1 aromatic rings. The molecule has 1 aromatic heterocycles. The summed E-state index contributed by atoms with van der Waals surface area (Å²) in [5.41, 5.74) is 0. The molecular weight excluding hydrogens is 262 g/mol. The number of hydrogen-bond donors (Lipinski definition) is 4. The van der Waals surface area contributed by atoms with Crippen molar-refractivity contribution in [1.82, 2.24) is 25.8 Å². The summed E-state index contributed by atoms with van der Waals surface area (Å²) in [7, 11) is 0. The van der Waals surface area contributed by atoms with Crippen molar-refractivity contribution < 1.29 is 14.7 Å². The molecule has 20 heavy (non-hydrogen) atoms. The van der Waals surface area contributed by atoms with Gasteiger partial charge < -0.3 is 15.7 Å². The zero-order valence-corrected chi connectivity index (χ0v) is 11.1. The van der Waals surface area contributed by atoms with Gasteiger partial charge in [0.25, 0.3) is 0 Å². The number of nitrogens with one attached hydrogen (secondary N) is 3. The van der Waals surface area contributed by atoms with Gasteiger partial charge in [0, 0.05) is 0 Å². The second-order valence-corrected chi connectivity index (χ2v) is 4.97. The van der Waals surface area contributed by atoms with E-state index in [2.05, 4.69) is 25.8 Å². The van der Waals surface area contributed by atoms with Crippen LogP contribution in [0.25, 0.3) is 0 Å². The minimum absolute atomic E-state index is 0.0114. The molecule has 0 spiro atoms. The zero-order valence-electron chi connectivity index (χ0n) is 11.1. The van der Waals surface area contributed by atoms with Crippen molar-refractivity contribution in [1.29, 1.82) is 0 Å². The largest absolute Gasteiger partial charge is 0.480 e. The first-order chi connectivity index (χ1) is 9.66. The molecule has 2 rings (SSSR count). The fraction of sp³-hybridized carbons (Fsp3) is 0.667. The monoisotopic (exact) mass is 281 g/mol. The van der Waals surface area contributed by atoms with Crippen molar-refractivity contribution in [2.75, 3.05) is 0 Å². The molecule has 8 heteroatoms. The first-order valence-corrected chi connectivity index (χ1v) is 6.78. The van der Waals surface area contributed by atoms with Crippen LogP contribution in [0.4, 0.5) is 4.79 Å². The molecule has 1 saturated carbocycles. The van der Waals surface area contributed by atoms with Crippen LogP contribution in [-0.4, -0.2) is 38.3 Å². The van der Waals surface area contributed by atoms with Gasteiger partial charge in [0.1, 0.15) is 18.2 Å². The summed E-state index contributed by atoms with van der Waals surface area (Å²) in [6.07, 6.45) is 6.22. The fourth-order valence-electron chi connectivity index (χ4n) is 2.52. The van der Waals surface area contributed by atoms with Crippen molar-refractivity contribution in [3.63, 3.8) is 0 Å². The highest BCUT2D eigenvalue weighted by Gasteiger charge is 2.30. The zero-order chi connectivity index (χ0) is 14.4. The van der Waals surface area contributed by atoms with Crippen LogP contribution in [0.3, 0.4) is 0 Å². The van der Waals surface area contributed by atoms with Gasteiger partial charge in [-0.2, -0.15) is 5.10 Å². The SMILES string of the molecule is O=C(NCc1ncn[nH]1)NC(C(=O)O)C1CCCCC1. The van der Waals surface area contributed by atoms with Crippen molar-refractivity contribution in [3.05, 3.63) is 12.2 Å². The van der Waals surface area contributed by atoms with Crippen LogP contribution in [0.5, 0.6) is 0 Å². The van der Waals surface area contributed by atoms with Crippen molar-refractivity contribution in [2.24, 2.45) is 5.92 Å². The smallest absolute Gasteiger partial charge is 0.326 e. The molecule has 1 aliphatic carbocycles. The van der Waals surface area contributed by atoms with Gasteiger partial charge in [-0.1, -0.05) is 19.3 Å². The van der Waals surface area contributed by atoms with E-state index in [0.717, 1.165) is 32.1 Å². The highest BCUT2D eigenvalue weighted by Crippen LogP contribution is 2.26. The minimum Gasteiger partial charge on any atom is -0.480 e. The Labute approximate surface area is 116 Å². The van der Waals surface area contributed by atoms with E-state index >= 15 is 0 Å². The number of aromatic nitrogens is 3. The molecule has 4 N–H and O–H groups in total. The Morgan fingerprint density at radius 1 is 1.40 bits per heavy atom. The third-order valence-electron chi connectivity index (χ3n) is 3.56. The molecule has 1 unspecified atom stereocenters. The van der Waals surface area contributed by atoms with E-state index in [1.807, 2.05) is 0 Å². The Balaban J connectivity index is 1.83. The number of carboxylic acids is 1. The maximum Gasteiger partial charge on any atom is 0.326 e. The second-order valence-electron chi connectivity index (χ2n) is 4.97. The summed E-state index contributed by atoms with van der Waals surface area (Å²) >= 11 is 0. The number of nitrogens with zero attached hydrogens (tertiary/aromatic N) is 2. The van der Waals surface area contributed by atoms with E-state index in [1.54, 1.807) is 0 Å². The standard InChI is InChI=1S/C12H19N5O3/c18-11(19)10(8-4-2-1-3-5-8)16-12(20)13-6-9-14-7-15-17-9/h7-8,10H,1-6H2,(H,18,19)(H2,13,16,20)(H,14,15,17). The predicted octanol–water partition coefficient (Wildman–Crippen LogP) is 0.637. The third kappa shape index (κ3) is 3.94. The van der Waals surface area contributed by atoms with Crippen LogP contribution < -0.4 is 10.6 Å². The van der Waals surface area contributed by atoms with E-state index in [4.69, 9.17) is 0 Å². The van der Waals surface area contributed by atoms with Crippen LogP contribution in [0, 0.1) is 5.92 Å². The lowest BCUT2D eigenvalue weighted by Crippen LogP contribution is -2.50. The van der Waals surface area contributed by atoms with Gasteiger partial charge in [-0.3, -0.25) is 5.10 Å². The minimum atomic E-state index is -0.980. The van der Waals surface area contributed by atoms with Gasteiger partial charge in [-0.25, -0.2) is 14.6 Å². The number of carbonyl (C=O) groups excluding carboxylic acids is 1. The lowest BCUT2D eigenvalue weighted by atomic mass is 9.84. The molecule has 1 fully saturated rings. The third-order valence-corrected chi connectivity index (χ3v) is 3.56. The van der Waals surface area contributed by atoms with E-state index in [-0.39, 0.29) is 12.5 Å². The summed E-state index contributed by atoms with van der Waals surface area (Å²) in [5.74, 6) is -0.450. The Morgan fingerprint density at radius 2 is 2.15 bits per heavy atom. The Kier molecular flexibility index (Phi) is 4.91. The fourth-order valence-corrected chi connectivity index (χ4v) is 2.52. The molecule has 0 bridgehead atoms. The average Bonchev–Trinajstić information content (AvgIpc) is 2.96. The summed E-state index contributed by atoms with van der Waals surface area (Å²) in [4.78, 5) is 26.9. The summed E-state index contributed by atoms with van der Waals surface area (Å²) in [6, 6.07) is -1.33. The molecule has 1 aliphatic rings. The lowest BCUT2D eigenvalue weighted by molar-refractivity contribution is -0.141. The van der Waals surface area contributed by atoms with Gasteiger partial charge in [0.2, 0.25) is 0 Å². The number of aromatic amines is 1.